The number of carbonyl (C=O) groups is 1. The van der Waals surface area contributed by atoms with Crippen LogP contribution in [-0.4, -0.2) is 24.7 Å². The minimum atomic E-state index is -0.872. The Hall–Kier alpha value is -0.830. The fourth-order valence-corrected chi connectivity index (χ4v) is 0.924. The van der Waals surface area contributed by atoms with Crippen LogP contribution in [0, 0.1) is 0 Å². The molecular weight excluding hydrogens is 154 g/mol. The van der Waals surface area contributed by atoms with Crippen molar-refractivity contribution in [2.24, 2.45) is 0 Å². The van der Waals surface area contributed by atoms with E-state index >= 15 is 0 Å². The highest BCUT2D eigenvalue weighted by atomic mass is 16.4. The maximum Gasteiger partial charge on any atom is 0.330 e. The summed E-state index contributed by atoms with van der Waals surface area (Å²) in [6.07, 6.45) is 3.70. The Morgan fingerprint density at radius 3 is 2.58 bits per heavy atom. The number of carboxylic acids is 1. The van der Waals surface area contributed by atoms with E-state index in [2.05, 4.69) is 11.9 Å². The summed E-state index contributed by atoms with van der Waals surface area (Å²) in [5.41, 5.74) is 0.319. The first-order valence-electron chi connectivity index (χ1n) is 4.24. The second-order valence-electron chi connectivity index (χ2n) is 2.82. The Kier molecular flexibility index (Phi) is 6.38. The zero-order valence-corrected chi connectivity index (χ0v) is 7.60. The van der Waals surface area contributed by atoms with Crippen molar-refractivity contribution in [2.45, 2.75) is 25.7 Å². The second kappa shape index (κ2) is 6.85. The average Bonchev–Trinajstić information content (AvgIpc) is 2.03. The molecule has 0 aromatic heterocycles. The highest BCUT2D eigenvalue weighted by molar-refractivity contribution is 5.85. The molecule has 0 heterocycles. The van der Waals surface area contributed by atoms with Gasteiger partial charge in [0, 0.05) is 5.57 Å². The summed E-state index contributed by atoms with van der Waals surface area (Å²) < 4.78 is 0. The molecule has 0 saturated carbocycles. The molecule has 0 radical (unpaired) electrons. The lowest BCUT2D eigenvalue weighted by molar-refractivity contribution is -0.132. The van der Waals surface area contributed by atoms with E-state index in [0.29, 0.717) is 12.0 Å². The van der Waals surface area contributed by atoms with Crippen LogP contribution in [0.1, 0.15) is 25.7 Å². The number of unbranched alkanes of at least 4 members (excludes halogenated alkanes) is 2. The largest absolute Gasteiger partial charge is 0.478 e. The van der Waals surface area contributed by atoms with Crippen molar-refractivity contribution in [3.8, 4) is 0 Å². The van der Waals surface area contributed by atoms with Crippen LogP contribution in [0.4, 0.5) is 0 Å². The van der Waals surface area contributed by atoms with Crippen LogP contribution in [-0.2, 0) is 4.79 Å². The third-order valence-corrected chi connectivity index (χ3v) is 1.71. The van der Waals surface area contributed by atoms with Gasteiger partial charge in [-0.1, -0.05) is 13.0 Å². The van der Waals surface area contributed by atoms with E-state index < -0.39 is 5.97 Å². The first kappa shape index (κ1) is 11.2. The monoisotopic (exact) mass is 171 g/mol. The van der Waals surface area contributed by atoms with Crippen LogP contribution >= 0.6 is 0 Å². The van der Waals surface area contributed by atoms with Gasteiger partial charge in [-0.25, -0.2) is 4.79 Å². The molecule has 0 amide bonds. The lowest BCUT2D eigenvalue weighted by atomic mass is 10.1. The summed E-state index contributed by atoms with van der Waals surface area (Å²) in [5.74, 6) is -0.872. The molecule has 0 atom stereocenters. The quantitative estimate of drug-likeness (QED) is 0.449. The predicted molar refractivity (Wildman–Crippen MR) is 49.2 cm³/mol. The van der Waals surface area contributed by atoms with Gasteiger partial charge in [-0.3, -0.25) is 0 Å². The van der Waals surface area contributed by atoms with E-state index in [-0.39, 0.29) is 0 Å². The van der Waals surface area contributed by atoms with Crippen LogP contribution in [0.3, 0.4) is 0 Å². The van der Waals surface area contributed by atoms with E-state index in [9.17, 15) is 4.79 Å². The van der Waals surface area contributed by atoms with Gasteiger partial charge in [-0.05, 0) is 32.9 Å². The molecule has 0 unspecified atom stereocenters. The summed E-state index contributed by atoms with van der Waals surface area (Å²) in [6, 6.07) is 0. The van der Waals surface area contributed by atoms with Crippen molar-refractivity contribution >= 4 is 5.97 Å². The average molecular weight is 171 g/mol. The SMILES string of the molecule is C=C(CCCCCNC)C(=O)O. The summed E-state index contributed by atoms with van der Waals surface area (Å²) in [7, 11) is 1.91. The van der Waals surface area contributed by atoms with E-state index in [4.69, 9.17) is 5.11 Å². The lowest BCUT2D eigenvalue weighted by Gasteiger charge is -2.00. The zero-order chi connectivity index (χ0) is 9.40. The number of aliphatic carboxylic acids is 1. The molecule has 3 heteroatoms. The molecular formula is C9H17NO2. The van der Waals surface area contributed by atoms with Gasteiger partial charge in [-0.2, -0.15) is 0 Å². The topological polar surface area (TPSA) is 49.3 Å². The van der Waals surface area contributed by atoms with Gasteiger partial charge in [-0.15, -0.1) is 0 Å². The molecule has 70 valence electrons. The Bertz CT molecular complexity index is 155. The van der Waals surface area contributed by atoms with Gasteiger partial charge < -0.3 is 10.4 Å². The van der Waals surface area contributed by atoms with Crippen molar-refractivity contribution in [1.82, 2.24) is 5.32 Å². The highest BCUT2D eigenvalue weighted by Crippen LogP contribution is 2.06. The molecule has 3 nitrogen and oxygen atoms in total. The second-order valence-corrected chi connectivity index (χ2v) is 2.82. The maximum atomic E-state index is 10.3. The molecule has 0 aliphatic heterocycles. The minimum absolute atomic E-state index is 0.319. The van der Waals surface area contributed by atoms with Crippen molar-refractivity contribution in [1.29, 1.82) is 0 Å². The number of carboxylic acid groups (broad SMARTS) is 1. The maximum absolute atomic E-state index is 10.3. The first-order valence-corrected chi connectivity index (χ1v) is 4.24. The van der Waals surface area contributed by atoms with Gasteiger partial charge in [0.25, 0.3) is 0 Å². The van der Waals surface area contributed by atoms with E-state index in [1.807, 2.05) is 7.05 Å². The van der Waals surface area contributed by atoms with Gasteiger partial charge >= 0.3 is 5.97 Å². The first-order chi connectivity index (χ1) is 5.68. The smallest absolute Gasteiger partial charge is 0.330 e. The van der Waals surface area contributed by atoms with Gasteiger partial charge in [0.05, 0.1) is 0 Å². The zero-order valence-electron chi connectivity index (χ0n) is 7.60. The van der Waals surface area contributed by atoms with Crippen molar-refractivity contribution < 1.29 is 9.90 Å². The molecule has 0 rings (SSSR count). The molecule has 12 heavy (non-hydrogen) atoms. The number of rotatable bonds is 7. The molecule has 0 saturated heterocycles. The Balaban J connectivity index is 3.20. The number of hydrogen-bond acceptors (Lipinski definition) is 2. The molecule has 0 aromatic carbocycles. The van der Waals surface area contributed by atoms with Gasteiger partial charge in [0.2, 0.25) is 0 Å². The number of nitrogens with one attached hydrogen (secondary N) is 1. The van der Waals surface area contributed by atoms with Crippen LogP contribution in [0.15, 0.2) is 12.2 Å². The number of hydrogen-bond donors (Lipinski definition) is 2. The Labute approximate surface area is 73.5 Å². The van der Waals surface area contributed by atoms with Gasteiger partial charge in [0.15, 0.2) is 0 Å². The predicted octanol–water partition coefficient (Wildman–Crippen LogP) is 1.41. The molecule has 0 aliphatic carbocycles. The fraction of sp³-hybridized carbons (Fsp3) is 0.667. The van der Waals surface area contributed by atoms with Crippen molar-refractivity contribution in [3.63, 3.8) is 0 Å². The van der Waals surface area contributed by atoms with Crippen LogP contribution in [0.25, 0.3) is 0 Å². The van der Waals surface area contributed by atoms with Gasteiger partial charge in [0.1, 0.15) is 0 Å². The van der Waals surface area contributed by atoms with E-state index in [0.717, 1.165) is 25.8 Å². The van der Waals surface area contributed by atoms with E-state index in [1.54, 1.807) is 0 Å². The summed E-state index contributed by atoms with van der Waals surface area (Å²) in [6.45, 7) is 4.46. The Morgan fingerprint density at radius 2 is 2.08 bits per heavy atom. The van der Waals surface area contributed by atoms with Crippen LogP contribution in [0.5, 0.6) is 0 Å². The molecule has 0 bridgehead atoms. The third kappa shape index (κ3) is 5.92. The third-order valence-electron chi connectivity index (χ3n) is 1.71. The Morgan fingerprint density at radius 1 is 1.42 bits per heavy atom. The summed E-state index contributed by atoms with van der Waals surface area (Å²) in [4.78, 5) is 10.3. The standard InChI is InChI=1S/C9H17NO2/c1-8(9(11)12)6-4-3-5-7-10-2/h10H,1,3-7H2,2H3,(H,11,12). The van der Waals surface area contributed by atoms with Crippen molar-refractivity contribution in [3.05, 3.63) is 12.2 Å². The fourth-order valence-electron chi connectivity index (χ4n) is 0.924. The molecule has 0 aromatic rings. The molecule has 0 spiro atoms. The summed E-state index contributed by atoms with van der Waals surface area (Å²) in [5, 5.41) is 11.5. The lowest BCUT2D eigenvalue weighted by Crippen LogP contribution is -2.07. The summed E-state index contributed by atoms with van der Waals surface area (Å²) >= 11 is 0. The highest BCUT2D eigenvalue weighted by Gasteiger charge is 2.01. The normalized spacial score (nSPS) is 9.75. The van der Waals surface area contributed by atoms with Crippen LogP contribution in [0.2, 0.25) is 0 Å². The molecule has 0 aliphatic rings. The minimum Gasteiger partial charge on any atom is -0.478 e. The van der Waals surface area contributed by atoms with Crippen molar-refractivity contribution in [2.75, 3.05) is 13.6 Å². The molecule has 0 fully saturated rings. The molecule has 2 N–H and O–H groups in total. The van der Waals surface area contributed by atoms with E-state index in [1.165, 1.54) is 0 Å². The van der Waals surface area contributed by atoms with Crippen LogP contribution < -0.4 is 5.32 Å².